The van der Waals surface area contributed by atoms with Crippen LogP contribution in [0.1, 0.15) is 7.43 Å². The van der Waals surface area contributed by atoms with E-state index >= 15 is 0 Å². The van der Waals surface area contributed by atoms with Gasteiger partial charge in [-0.05, 0) is 0 Å². The van der Waals surface area contributed by atoms with Gasteiger partial charge >= 0.3 is 0 Å². The molecular weight excluding hydrogens is 174 g/mol. The topological polar surface area (TPSA) is 118 Å². The van der Waals surface area contributed by atoms with Gasteiger partial charge in [-0.25, -0.2) is 9.79 Å². The first-order valence-electron chi connectivity index (χ1n) is 0.765. The largest absolute Gasteiger partial charge is 0.635 e. The summed E-state index contributed by atoms with van der Waals surface area (Å²) < 4.78 is 0. The average Bonchev–Trinajstić information content (AvgIpc) is 0.722. The summed E-state index contributed by atoms with van der Waals surface area (Å²) in [6.45, 7) is 0. The fourth-order valence-corrected chi connectivity index (χ4v) is 0. The van der Waals surface area contributed by atoms with Gasteiger partial charge in [-0.3, -0.25) is 0 Å². The normalized spacial score (nSPS) is 7.50. The van der Waals surface area contributed by atoms with E-state index in [1.165, 1.54) is 0 Å². The fraction of sp³-hybridized carbons (Fsp3) is 1.00. The minimum Gasteiger partial charge on any atom is -0.635 e. The molecule has 0 unspecified atom stereocenters. The summed E-state index contributed by atoms with van der Waals surface area (Å²) in [5.41, 5.74) is 0. The zero-order valence-corrected chi connectivity index (χ0v) is 5.40. The summed E-state index contributed by atoms with van der Waals surface area (Å²) in [4.78, 5) is 31.7. The molecule has 0 aliphatic carbocycles. The quantitative estimate of drug-likeness (QED) is 0.392. The summed E-state index contributed by atoms with van der Waals surface area (Å²) >= 11 is 0. The second-order valence-electron chi connectivity index (χ2n) is 0.491. The Balaban J connectivity index is -0.0000000267. The maximum Gasteiger partial charge on any atom is 0.189 e. The third-order valence-electron chi connectivity index (χ3n) is 0. The van der Waals surface area contributed by atoms with E-state index in [-0.39, 0.29) is 31.5 Å². The summed E-state index contributed by atoms with van der Waals surface area (Å²) in [7, 11) is -4.89. The number of rotatable bonds is 0. The molecule has 7 heteroatoms. The standard InChI is InChI=1S/CH4.H3O4P.H2O.V/c;1-5(2,3)4;;/h1H4;(H3,1,2,3,4);1H2;/p-1. The molecule has 0 aromatic rings. The van der Waals surface area contributed by atoms with Crippen LogP contribution in [-0.2, 0) is 18.6 Å². The van der Waals surface area contributed by atoms with E-state index in [0.29, 0.717) is 0 Å². The Kier molecular flexibility index (Phi) is 22.7. The molecule has 8 heavy (non-hydrogen) atoms. The molecule has 0 aliphatic heterocycles. The van der Waals surface area contributed by atoms with Crippen molar-refractivity contribution in [2.75, 3.05) is 0 Å². The van der Waals surface area contributed by atoms with Crippen molar-refractivity contribution in [3.05, 3.63) is 0 Å². The van der Waals surface area contributed by atoms with Crippen molar-refractivity contribution < 1.29 is 43.6 Å². The Labute approximate surface area is 59.8 Å². The fourth-order valence-electron chi connectivity index (χ4n) is 0. The van der Waals surface area contributed by atoms with Crippen LogP contribution in [0.2, 0.25) is 0 Å². The predicted molar refractivity (Wildman–Crippen MR) is 21.7 cm³/mol. The predicted octanol–water partition coefficient (Wildman–Crippen LogP) is -2.82. The number of hydrogen-bond donors (Lipinski definition) is 2. The Hall–Kier alpha value is 0.814. The second-order valence-corrected chi connectivity index (χ2v) is 1.47. The molecule has 0 heterocycles. The van der Waals surface area contributed by atoms with E-state index in [0.717, 1.165) is 0 Å². The summed E-state index contributed by atoms with van der Waals surface area (Å²) in [5.74, 6) is 0. The summed E-state index contributed by atoms with van der Waals surface area (Å²) in [5, 5.41) is 0. The molecule has 0 saturated heterocycles. The van der Waals surface area contributed by atoms with Crippen LogP contribution >= 0.6 is 8.17 Å². The van der Waals surface area contributed by atoms with Gasteiger partial charge in [0.25, 0.3) is 0 Å². The Morgan fingerprint density at radius 3 is 1.12 bits per heavy atom. The molecule has 0 fully saturated rings. The molecule has 0 bridgehead atoms. The molecule has 0 aromatic carbocycles. The molecule has 0 aliphatic rings. The molecule has 0 aromatic heterocycles. The van der Waals surface area contributed by atoms with Crippen LogP contribution in [0, 0.1) is 0 Å². The Bertz CT molecular complexity index is 27.9. The third-order valence-corrected chi connectivity index (χ3v) is 0. The van der Waals surface area contributed by atoms with Gasteiger partial charge in [0.1, 0.15) is 0 Å². The molecule has 0 atom stereocenters. The van der Waals surface area contributed by atoms with Gasteiger partial charge in [-0.2, -0.15) is 0 Å². The van der Waals surface area contributed by atoms with E-state index < -0.39 is 8.17 Å². The SMILES string of the molecule is C.O.[O-][P+]([O-])(O)O.[V]. The van der Waals surface area contributed by atoms with Crippen LogP contribution in [0.4, 0.5) is 0 Å². The van der Waals surface area contributed by atoms with Crippen LogP contribution in [0.3, 0.4) is 0 Å². The second kappa shape index (κ2) is 7.81. The molecular formula is CH8O5PV-. The van der Waals surface area contributed by atoms with Gasteiger partial charge in [0.05, 0.1) is 0 Å². The minimum atomic E-state index is -4.89. The van der Waals surface area contributed by atoms with Gasteiger partial charge in [0.2, 0.25) is 0 Å². The summed E-state index contributed by atoms with van der Waals surface area (Å²) in [6, 6.07) is 0. The Morgan fingerprint density at radius 1 is 1.12 bits per heavy atom. The van der Waals surface area contributed by atoms with E-state index in [1.807, 2.05) is 0 Å². The van der Waals surface area contributed by atoms with Gasteiger partial charge < -0.3 is 15.3 Å². The van der Waals surface area contributed by atoms with Crippen LogP contribution in [-0.4, -0.2) is 15.3 Å². The van der Waals surface area contributed by atoms with Crippen LogP contribution < -0.4 is 9.79 Å². The first kappa shape index (κ1) is 23.2. The van der Waals surface area contributed by atoms with Gasteiger partial charge in [-0.15, -0.1) is 0 Å². The first-order valence-corrected chi connectivity index (χ1v) is 2.30. The van der Waals surface area contributed by atoms with Gasteiger partial charge in [-0.1, -0.05) is 7.43 Å². The smallest absolute Gasteiger partial charge is 0.189 e. The maximum absolute atomic E-state index is 8.77. The van der Waals surface area contributed by atoms with E-state index in [9.17, 15) is 0 Å². The zero-order valence-electron chi connectivity index (χ0n) is 3.11. The van der Waals surface area contributed by atoms with Crippen molar-refractivity contribution in [1.29, 1.82) is 0 Å². The first-order chi connectivity index (χ1) is 2.00. The molecule has 0 saturated carbocycles. The summed E-state index contributed by atoms with van der Waals surface area (Å²) in [6.07, 6.45) is 0. The number of hydrogen-bond acceptors (Lipinski definition) is 4. The van der Waals surface area contributed by atoms with Crippen molar-refractivity contribution in [1.82, 2.24) is 0 Å². The molecule has 53 valence electrons. The molecule has 4 N–H and O–H groups in total. The minimum absolute atomic E-state index is 0. The van der Waals surface area contributed by atoms with Crippen LogP contribution in [0.25, 0.3) is 0 Å². The monoisotopic (exact) mass is 182 g/mol. The van der Waals surface area contributed by atoms with E-state index in [1.54, 1.807) is 0 Å². The van der Waals surface area contributed by atoms with Gasteiger partial charge in [0.15, 0.2) is 8.17 Å². The van der Waals surface area contributed by atoms with Crippen molar-refractivity contribution in [3.63, 3.8) is 0 Å². The molecule has 5 nitrogen and oxygen atoms in total. The van der Waals surface area contributed by atoms with Crippen molar-refractivity contribution in [2.45, 2.75) is 7.43 Å². The average molecular weight is 182 g/mol. The van der Waals surface area contributed by atoms with Crippen molar-refractivity contribution in [3.8, 4) is 0 Å². The molecule has 0 spiro atoms. The van der Waals surface area contributed by atoms with Crippen LogP contribution in [0.15, 0.2) is 0 Å². The van der Waals surface area contributed by atoms with Crippen LogP contribution in [0.5, 0.6) is 0 Å². The zero-order chi connectivity index (χ0) is 4.50. The van der Waals surface area contributed by atoms with E-state index in [4.69, 9.17) is 19.6 Å². The molecule has 1 radical (unpaired) electrons. The van der Waals surface area contributed by atoms with Crippen molar-refractivity contribution >= 4 is 8.17 Å². The third kappa shape index (κ3) is 347. The number of phosphoric acid groups is 1. The van der Waals surface area contributed by atoms with Crippen molar-refractivity contribution in [2.24, 2.45) is 0 Å². The van der Waals surface area contributed by atoms with E-state index in [2.05, 4.69) is 0 Å². The Morgan fingerprint density at radius 2 is 1.12 bits per heavy atom. The maximum atomic E-state index is 8.77. The van der Waals surface area contributed by atoms with Gasteiger partial charge in [0, 0.05) is 18.6 Å². The molecule has 0 rings (SSSR count). The molecule has 0 amide bonds.